The molecule has 1 heterocycles. The van der Waals surface area contributed by atoms with Crippen LogP contribution in [0, 0.1) is 0 Å². The fraction of sp³-hybridized carbons (Fsp3) is 0.333. The Morgan fingerprint density at radius 3 is 2.76 bits per heavy atom. The molecule has 2 rings (SSSR count). The van der Waals surface area contributed by atoms with Gasteiger partial charge in [-0.2, -0.15) is 5.10 Å². The molecule has 0 unspecified atom stereocenters. The minimum Gasteiger partial charge on any atom is -0.493 e. The highest BCUT2D eigenvalue weighted by molar-refractivity contribution is 6.15. The molecule has 1 aromatic rings. The van der Waals surface area contributed by atoms with Crippen molar-refractivity contribution in [1.82, 2.24) is 15.6 Å². The van der Waals surface area contributed by atoms with Crippen molar-refractivity contribution < 1.29 is 9.53 Å². The van der Waals surface area contributed by atoms with Crippen LogP contribution >= 0.6 is 0 Å². The molecule has 0 radical (unpaired) electrons. The standard InChI is InChI=1S/C15H20N4O2/c1-5-21-12-9-7-6-8-11(12)14-17-15(20)13(10(2)16-3)19(4)18-14/h6-9,16H,5H2,1-4H3,(H,17,18,20)/b13-10-. The number of ether oxygens (including phenoxy) is 1. The van der Waals surface area contributed by atoms with Crippen molar-refractivity contribution in [1.29, 1.82) is 0 Å². The summed E-state index contributed by atoms with van der Waals surface area (Å²) in [5, 5.41) is 11.8. The fourth-order valence-corrected chi connectivity index (χ4v) is 2.13. The molecule has 0 aliphatic carbocycles. The summed E-state index contributed by atoms with van der Waals surface area (Å²) in [6.07, 6.45) is 0. The third kappa shape index (κ3) is 2.99. The topological polar surface area (TPSA) is 66.0 Å². The number of benzene rings is 1. The van der Waals surface area contributed by atoms with Gasteiger partial charge in [-0.1, -0.05) is 12.1 Å². The molecule has 6 nitrogen and oxygen atoms in total. The van der Waals surface area contributed by atoms with E-state index >= 15 is 0 Å². The molecule has 0 bridgehead atoms. The van der Waals surface area contributed by atoms with Crippen LogP contribution in [0.5, 0.6) is 5.75 Å². The second-order valence-electron chi connectivity index (χ2n) is 4.58. The van der Waals surface area contributed by atoms with Gasteiger partial charge in [0.2, 0.25) is 0 Å². The van der Waals surface area contributed by atoms with E-state index < -0.39 is 0 Å². The summed E-state index contributed by atoms with van der Waals surface area (Å²) >= 11 is 0. The van der Waals surface area contributed by atoms with E-state index in [1.165, 1.54) is 0 Å². The van der Waals surface area contributed by atoms with Gasteiger partial charge in [-0.3, -0.25) is 9.80 Å². The number of nitrogens with zero attached hydrogens (tertiary/aromatic N) is 2. The molecule has 1 aliphatic heterocycles. The molecule has 0 fully saturated rings. The summed E-state index contributed by atoms with van der Waals surface area (Å²) in [4.78, 5) is 12.3. The van der Waals surface area contributed by atoms with Gasteiger partial charge >= 0.3 is 0 Å². The molecular weight excluding hydrogens is 268 g/mol. The van der Waals surface area contributed by atoms with Gasteiger partial charge in [0.15, 0.2) is 5.84 Å². The van der Waals surface area contributed by atoms with Gasteiger partial charge in [0.25, 0.3) is 5.91 Å². The Balaban J connectivity index is 2.42. The minimum atomic E-state index is -0.194. The lowest BCUT2D eigenvalue weighted by molar-refractivity contribution is -0.118. The third-order valence-corrected chi connectivity index (χ3v) is 3.19. The van der Waals surface area contributed by atoms with Crippen LogP contribution in [0.4, 0.5) is 0 Å². The first-order valence-corrected chi connectivity index (χ1v) is 6.83. The van der Waals surface area contributed by atoms with Crippen LogP contribution in [-0.2, 0) is 4.79 Å². The Labute approximate surface area is 124 Å². The van der Waals surface area contributed by atoms with Crippen LogP contribution in [0.15, 0.2) is 40.8 Å². The van der Waals surface area contributed by atoms with E-state index in [0.717, 1.165) is 11.3 Å². The summed E-state index contributed by atoms with van der Waals surface area (Å²) in [5.74, 6) is 0.991. The molecule has 0 saturated carbocycles. The number of carbonyl (C=O) groups is 1. The van der Waals surface area contributed by atoms with E-state index in [4.69, 9.17) is 4.74 Å². The van der Waals surface area contributed by atoms with Crippen LogP contribution in [0.1, 0.15) is 19.4 Å². The van der Waals surface area contributed by atoms with Crippen molar-refractivity contribution in [2.45, 2.75) is 13.8 Å². The first kappa shape index (κ1) is 14.9. The second-order valence-corrected chi connectivity index (χ2v) is 4.58. The normalized spacial score (nSPS) is 17.0. The number of para-hydroxylation sites is 1. The second kappa shape index (κ2) is 6.30. The van der Waals surface area contributed by atoms with Crippen molar-refractivity contribution in [2.75, 3.05) is 20.7 Å². The first-order chi connectivity index (χ1) is 10.1. The van der Waals surface area contributed by atoms with E-state index in [1.807, 2.05) is 38.1 Å². The zero-order valence-electron chi connectivity index (χ0n) is 12.7. The fourth-order valence-electron chi connectivity index (χ4n) is 2.13. The van der Waals surface area contributed by atoms with Crippen molar-refractivity contribution in [2.24, 2.45) is 5.10 Å². The largest absolute Gasteiger partial charge is 0.493 e. The van der Waals surface area contributed by atoms with Gasteiger partial charge in [0, 0.05) is 19.8 Å². The van der Waals surface area contributed by atoms with E-state index in [9.17, 15) is 4.79 Å². The SMILES string of the molecule is CCOc1ccccc1C1=NN(C)/C(=C(/C)NC)C(=O)N1. The van der Waals surface area contributed by atoms with E-state index in [0.29, 0.717) is 23.9 Å². The van der Waals surface area contributed by atoms with Gasteiger partial charge in [-0.15, -0.1) is 0 Å². The smallest absolute Gasteiger partial charge is 0.276 e. The summed E-state index contributed by atoms with van der Waals surface area (Å²) in [6, 6.07) is 7.51. The Kier molecular flexibility index (Phi) is 4.47. The number of rotatable bonds is 4. The maximum Gasteiger partial charge on any atom is 0.276 e. The number of nitrogens with one attached hydrogen (secondary N) is 2. The number of allylic oxidation sites excluding steroid dienone is 1. The molecule has 112 valence electrons. The third-order valence-electron chi connectivity index (χ3n) is 3.19. The maximum atomic E-state index is 12.3. The Morgan fingerprint density at radius 2 is 2.14 bits per heavy atom. The molecule has 0 saturated heterocycles. The van der Waals surface area contributed by atoms with Crippen LogP contribution in [-0.4, -0.2) is 37.5 Å². The minimum absolute atomic E-state index is 0.194. The van der Waals surface area contributed by atoms with Gasteiger partial charge in [0.05, 0.1) is 12.2 Å². The average Bonchev–Trinajstić information content (AvgIpc) is 2.47. The molecular formula is C15H20N4O2. The van der Waals surface area contributed by atoms with Gasteiger partial charge in [-0.25, -0.2) is 0 Å². The molecule has 0 atom stereocenters. The summed E-state index contributed by atoms with van der Waals surface area (Å²) in [7, 11) is 3.52. The average molecular weight is 288 g/mol. The molecule has 6 heteroatoms. The summed E-state index contributed by atoms with van der Waals surface area (Å²) in [5.41, 5.74) is 2.02. The highest BCUT2D eigenvalue weighted by atomic mass is 16.5. The van der Waals surface area contributed by atoms with Crippen LogP contribution in [0.25, 0.3) is 0 Å². The predicted octanol–water partition coefficient (Wildman–Crippen LogP) is 1.26. The zero-order chi connectivity index (χ0) is 15.4. The first-order valence-electron chi connectivity index (χ1n) is 6.83. The molecule has 2 N–H and O–H groups in total. The lowest BCUT2D eigenvalue weighted by atomic mass is 10.1. The lowest BCUT2D eigenvalue weighted by Crippen LogP contribution is -2.43. The quantitative estimate of drug-likeness (QED) is 0.819. The monoisotopic (exact) mass is 288 g/mol. The Bertz CT molecular complexity index is 607. The van der Waals surface area contributed by atoms with Gasteiger partial charge in [-0.05, 0) is 26.0 Å². The highest BCUT2D eigenvalue weighted by Gasteiger charge is 2.26. The number of hydrazone groups is 1. The molecule has 0 spiro atoms. The van der Waals surface area contributed by atoms with E-state index in [1.54, 1.807) is 19.1 Å². The zero-order valence-corrected chi connectivity index (χ0v) is 12.7. The van der Waals surface area contributed by atoms with Gasteiger partial charge < -0.3 is 15.4 Å². The number of amidine groups is 1. The molecule has 21 heavy (non-hydrogen) atoms. The van der Waals surface area contributed by atoms with Crippen molar-refractivity contribution in [3.05, 3.63) is 41.2 Å². The highest BCUT2D eigenvalue weighted by Crippen LogP contribution is 2.21. The predicted molar refractivity (Wildman–Crippen MR) is 81.8 cm³/mol. The Hall–Kier alpha value is -2.50. The van der Waals surface area contributed by atoms with Crippen LogP contribution in [0.3, 0.4) is 0 Å². The van der Waals surface area contributed by atoms with Gasteiger partial charge in [0.1, 0.15) is 11.4 Å². The van der Waals surface area contributed by atoms with Crippen molar-refractivity contribution in [3.8, 4) is 5.75 Å². The Morgan fingerprint density at radius 1 is 1.43 bits per heavy atom. The molecule has 1 amide bonds. The maximum absolute atomic E-state index is 12.3. The number of hydrogen-bond acceptors (Lipinski definition) is 5. The number of amides is 1. The summed E-state index contributed by atoms with van der Waals surface area (Å²) < 4.78 is 5.58. The molecule has 1 aliphatic rings. The number of likely N-dealkylation sites (N-methyl/N-ethyl adjacent to an activating group) is 1. The number of hydrogen-bond donors (Lipinski definition) is 2. The molecule has 1 aromatic carbocycles. The van der Waals surface area contributed by atoms with Crippen LogP contribution in [0.2, 0.25) is 0 Å². The molecule has 0 aromatic heterocycles. The van der Waals surface area contributed by atoms with Crippen molar-refractivity contribution in [3.63, 3.8) is 0 Å². The van der Waals surface area contributed by atoms with Crippen molar-refractivity contribution >= 4 is 11.7 Å². The van der Waals surface area contributed by atoms with E-state index in [2.05, 4.69) is 15.7 Å². The van der Waals surface area contributed by atoms with Crippen LogP contribution < -0.4 is 15.4 Å². The van der Waals surface area contributed by atoms with E-state index in [-0.39, 0.29) is 5.91 Å². The summed E-state index contributed by atoms with van der Waals surface area (Å²) in [6.45, 7) is 4.31. The number of carbonyl (C=O) groups excluding carboxylic acids is 1. The lowest BCUT2D eigenvalue weighted by Gasteiger charge is -2.26.